The lowest BCUT2D eigenvalue weighted by atomic mass is 9.63. The standard InChI is InChI=1S/C17H27N3O/c1-13(15-10-18-12-20-14(15)2)19-11-17(7-5-8-17)16-6-3-4-9-21-16/h10,12-13,16,19H,3-9,11H2,1-2H3. The van der Waals surface area contributed by atoms with Crippen LogP contribution in [0.4, 0.5) is 0 Å². The van der Waals surface area contributed by atoms with Crippen LogP contribution >= 0.6 is 0 Å². The first-order valence-electron chi connectivity index (χ1n) is 8.33. The summed E-state index contributed by atoms with van der Waals surface area (Å²) < 4.78 is 6.08. The van der Waals surface area contributed by atoms with Gasteiger partial charge in [-0.25, -0.2) is 9.97 Å². The van der Waals surface area contributed by atoms with E-state index in [4.69, 9.17) is 4.74 Å². The zero-order valence-electron chi connectivity index (χ0n) is 13.3. The van der Waals surface area contributed by atoms with Gasteiger partial charge in [0.1, 0.15) is 6.33 Å². The number of ether oxygens (including phenoxy) is 1. The van der Waals surface area contributed by atoms with Crippen LogP contribution in [0, 0.1) is 12.3 Å². The average molecular weight is 289 g/mol. The fourth-order valence-corrected chi connectivity index (χ4v) is 3.76. The molecule has 0 amide bonds. The third-order valence-electron chi connectivity index (χ3n) is 5.39. The second-order valence-corrected chi connectivity index (χ2v) is 6.74. The Labute approximate surface area is 127 Å². The molecule has 0 spiro atoms. The van der Waals surface area contributed by atoms with Gasteiger partial charge >= 0.3 is 0 Å². The first kappa shape index (κ1) is 14.9. The van der Waals surface area contributed by atoms with E-state index in [0.717, 1.165) is 18.8 Å². The van der Waals surface area contributed by atoms with Crippen molar-refractivity contribution in [3.63, 3.8) is 0 Å². The number of nitrogens with zero attached hydrogens (tertiary/aromatic N) is 2. The molecule has 1 aliphatic carbocycles. The Bertz CT molecular complexity index is 467. The van der Waals surface area contributed by atoms with Crippen molar-refractivity contribution in [3.05, 3.63) is 23.8 Å². The molecule has 2 unspecified atom stereocenters. The second kappa shape index (κ2) is 6.41. The second-order valence-electron chi connectivity index (χ2n) is 6.74. The summed E-state index contributed by atoms with van der Waals surface area (Å²) in [6.45, 7) is 6.26. The number of hydrogen-bond donors (Lipinski definition) is 1. The van der Waals surface area contributed by atoms with Gasteiger partial charge in [0, 0.05) is 42.1 Å². The monoisotopic (exact) mass is 289 g/mol. The Morgan fingerprint density at radius 2 is 2.24 bits per heavy atom. The molecule has 0 aromatic carbocycles. The van der Waals surface area contributed by atoms with Crippen LogP contribution in [0.3, 0.4) is 0 Å². The SMILES string of the molecule is Cc1ncncc1C(C)NCC1(C2CCCCO2)CCC1. The molecule has 2 atom stereocenters. The zero-order chi connectivity index (χ0) is 14.7. The minimum Gasteiger partial charge on any atom is -0.378 e. The molecule has 1 saturated carbocycles. The summed E-state index contributed by atoms with van der Waals surface area (Å²) in [5.41, 5.74) is 2.65. The molecule has 2 aliphatic rings. The van der Waals surface area contributed by atoms with Crippen LogP contribution in [0.1, 0.15) is 62.7 Å². The molecule has 21 heavy (non-hydrogen) atoms. The summed E-state index contributed by atoms with van der Waals surface area (Å²) in [4.78, 5) is 8.45. The molecule has 1 saturated heterocycles. The van der Waals surface area contributed by atoms with E-state index in [1.165, 1.54) is 44.1 Å². The van der Waals surface area contributed by atoms with Crippen molar-refractivity contribution in [2.45, 2.75) is 64.5 Å². The third-order valence-corrected chi connectivity index (χ3v) is 5.39. The Balaban J connectivity index is 1.61. The molecule has 116 valence electrons. The van der Waals surface area contributed by atoms with E-state index in [1.807, 2.05) is 6.20 Å². The molecule has 0 bridgehead atoms. The maximum absolute atomic E-state index is 6.08. The maximum atomic E-state index is 6.08. The van der Waals surface area contributed by atoms with Crippen LogP contribution in [0.2, 0.25) is 0 Å². The zero-order valence-corrected chi connectivity index (χ0v) is 13.3. The predicted molar refractivity (Wildman–Crippen MR) is 83.1 cm³/mol. The summed E-state index contributed by atoms with van der Waals surface area (Å²) in [6, 6.07) is 0.298. The van der Waals surface area contributed by atoms with E-state index >= 15 is 0 Å². The molecule has 1 N–H and O–H groups in total. The lowest BCUT2D eigenvalue weighted by molar-refractivity contribution is -0.103. The first-order chi connectivity index (χ1) is 10.2. The van der Waals surface area contributed by atoms with Crippen molar-refractivity contribution in [2.75, 3.05) is 13.2 Å². The highest BCUT2D eigenvalue weighted by molar-refractivity contribution is 5.18. The van der Waals surface area contributed by atoms with Gasteiger partial charge in [-0.3, -0.25) is 0 Å². The lowest BCUT2D eigenvalue weighted by Crippen LogP contribution is -2.51. The number of aryl methyl sites for hydroxylation is 1. The van der Waals surface area contributed by atoms with Gasteiger partial charge in [-0.1, -0.05) is 6.42 Å². The summed E-state index contributed by atoms with van der Waals surface area (Å²) in [6.07, 6.45) is 11.8. The van der Waals surface area contributed by atoms with Crippen molar-refractivity contribution in [2.24, 2.45) is 5.41 Å². The molecule has 2 fully saturated rings. The van der Waals surface area contributed by atoms with Crippen molar-refractivity contribution >= 4 is 0 Å². The van der Waals surface area contributed by atoms with E-state index in [9.17, 15) is 0 Å². The van der Waals surface area contributed by atoms with E-state index in [0.29, 0.717) is 17.6 Å². The quantitative estimate of drug-likeness (QED) is 0.904. The lowest BCUT2D eigenvalue weighted by Gasteiger charge is -2.49. The summed E-state index contributed by atoms with van der Waals surface area (Å²) >= 11 is 0. The van der Waals surface area contributed by atoms with Gasteiger partial charge in [0.25, 0.3) is 0 Å². The van der Waals surface area contributed by atoms with E-state index in [1.54, 1.807) is 6.33 Å². The van der Waals surface area contributed by atoms with Gasteiger partial charge in [-0.15, -0.1) is 0 Å². The van der Waals surface area contributed by atoms with E-state index in [2.05, 4.69) is 29.1 Å². The topological polar surface area (TPSA) is 47.0 Å². The maximum Gasteiger partial charge on any atom is 0.115 e. The fourth-order valence-electron chi connectivity index (χ4n) is 3.76. The summed E-state index contributed by atoms with van der Waals surface area (Å²) in [5, 5.41) is 3.72. The molecular weight excluding hydrogens is 262 g/mol. The van der Waals surface area contributed by atoms with Gasteiger partial charge in [0.05, 0.1) is 6.10 Å². The number of nitrogens with one attached hydrogen (secondary N) is 1. The normalized spacial score (nSPS) is 26.1. The first-order valence-corrected chi connectivity index (χ1v) is 8.33. The highest BCUT2D eigenvalue weighted by Gasteiger charge is 2.45. The van der Waals surface area contributed by atoms with Gasteiger partial charge in [0.15, 0.2) is 0 Å². The molecule has 4 nitrogen and oxygen atoms in total. The van der Waals surface area contributed by atoms with Gasteiger partial charge in [-0.2, -0.15) is 0 Å². The average Bonchev–Trinajstić information content (AvgIpc) is 2.47. The molecule has 2 heterocycles. The van der Waals surface area contributed by atoms with E-state index in [-0.39, 0.29) is 0 Å². The molecule has 4 heteroatoms. The van der Waals surface area contributed by atoms with Crippen LogP contribution in [-0.2, 0) is 4.74 Å². The van der Waals surface area contributed by atoms with Gasteiger partial charge in [-0.05, 0) is 46.0 Å². The molecule has 1 aromatic rings. The fraction of sp³-hybridized carbons (Fsp3) is 0.765. The molecule has 1 aliphatic heterocycles. The molecular formula is C17H27N3O. The largest absolute Gasteiger partial charge is 0.378 e. The highest BCUT2D eigenvalue weighted by Crippen LogP contribution is 2.47. The smallest absolute Gasteiger partial charge is 0.115 e. The van der Waals surface area contributed by atoms with Crippen LogP contribution in [-0.4, -0.2) is 29.2 Å². The van der Waals surface area contributed by atoms with Gasteiger partial charge in [0.2, 0.25) is 0 Å². The third kappa shape index (κ3) is 3.11. The highest BCUT2D eigenvalue weighted by atomic mass is 16.5. The Hall–Kier alpha value is -1.00. The van der Waals surface area contributed by atoms with Gasteiger partial charge < -0.3 is 10.1 Å². The molecule has 1 aromatic heterocycles. The van der Waals surface area contributed by atoms with Crippen molar-refractivity contribution < 1.29 is 4.74 Å². The summed E-state index contributed by atoms with van der Waals surface area (Å²) in [7, 11) is 0. The van der Waals surface area contributed by atoms with Crippen LogP contribution in [0.15, 0.2) is 12.5 Å². The van der Waals surface area contributed by atoms with Crippen molar-refractivity contribution in [3.8, 4) is 0 Å². The minimum atomic E-state index is 0.298. The number of rotatable bonds is 5. The molecule has 3 rings (SSSR count). The Morgan fingerprint density at radius 1 is 1.38 bits per heavy atom. The van der Waals surface area contributed by atoms with Crippen molar-refractivity contribution in [1.82, 2.24) is 15.3 Å². The molecule has 0 radical (unpaired) electrons. The summed E-state index contributed by atoms with van der Waals surface area (Å²) in [5.74, 6) is 0. The number of hydrogen-bond acceptors (Lipinski definition) is 4. The minimum absolute atomic E-state index is 0.298. The van der Waals surface area contributed by atoms with Crippen LogP contribution in [0.5, 0.6) is 0 Å². The van der Waals surface area contributed by atoms with E-state index < -0.39 is 0 Å². The Morgan fingerprint density at radius 3 is 2.86 bits per heavy atom. The van der Waals surface area contributed by atoms with Crippen molar-refractivity contribution in [1.29, 1.82) is 0 Å². The van der Waals surface area contributed by atoms with Crippen LogP contribution < -0.4 is 5.32 Å². The predicted octanol–water partition coefficient (Wildman–Crippen LogP) is 3.18. The Kier molecular flexibility index (Phi) is 4.55. The number of aromatic nitrogens is 2. The van der Waals surface area contributed by atoms with Crippen LogP contribution in [0.25, 0.3) is 0 Å².